The van der Waals surface area contributed by atoms with Crippen LogP contribution in [0.2, 0.25) is 0 Å². The molecule has 0 radical (unpaired) electrons. The number of primary amides is 5. The van der Waals surface area contributed by atoms with Crippen molar-refractivity contribution in [3.05, 3.63) is 0 Å². The van der Waals surface area contributed by atoms with Crippen LogP contribution < -0.4 is 71.2 Å². The Morgan fingerprint density at radius 1 is 0.352 bits per heavy atom. The van der Waals surface area contributed by atoms with E-state index in [2.05, 4.69) is 160 Å². The molecule has 0 saturated heterocycles. The van der Waals surface area contributed by atoms with E-state index in [0.29, 0.717) is 156 Å². The maximum Gasteiger partial charge on any atom is 0.303 e. The van der Waals surface area contributed by atoms with Crippen LogP contribution in [0.1, 0.15) is 348 Å². The predicted molar refractivity (Wildman–Crippen MR) is 508 cm³/mol. The average molecular weight is 1790 g/mol. The smallest absolute Gasteiger partial charge is 0.303 e. The van der Waals surface area contributed by atoms with Gasteiger partial charge in [-0.05, 0) is 156 Å². The number of hydrogen-bond acceptors (Lipinski definition) is 17. The third-order valence-electron chi connectivity index (χ3n) is 17.0. The molecule has 0 aromatic heterocycles. The molecule has 0 aliphatic rings. The first-order valence-electron chi connectivity index (χ1n) is 45.3. The van der Waals surface area contributed by atoms with Crippen molar-refractivity contribution >= 4 is 88.7 Å². The van der Waals surface area contributed by atoms with E-state index in [9.17, 15) is 71.9 Å². The zero-order valence-corrected chi connectivity index (χ0v) is 85.0. The molecule has 0 spiro atoms. The second-order valence-electron chi connectivity index (χ2n) is 37.7. The minimum atomic E-state index is -0.950. The number of carboxylic acids is 1. The number of aliphatic hydroxyl groups is 1. The van der Waals surface area contributed by atoms with Gasteiger partial charge in [-0.2, -0.15) is 0 Å². The van der Waals surface area contributed by atoms with Crippen molar-refractivity contribution in [1.82, 2.24) is 47.4 Å². The van der Waals surface area contributed by atoms with Crippen LogP contribution in [0.25, 0.3) is 0 Å². The highest BCUT2D eigenvalue weighted by atomic mass is 16.5. The number of unbranched alkanes of at least 4 members (excludes halogenated alkanes) is 1. The Hall–Kier alpha value is -8.03. The summed E-state index contributed by atoms with van der Waals surface area (Å²) in [6.07, 6.45) is 17.2. The van der Waals surface area contributed by atoms with Crippen LogP contribution in [-0.4, -0.2) is 190 Å². The van der Waals surface area contributed by atoms with Crippen molar-refractivity contribution in [1.29, 1.82) is 0 Å². The second kappa shape index (κ2) is 89.4. The van der Waals surface area contributed by atoms with Gasteiger partial charge in [-0.1, -0.05) is 193 Å². The predicted octanol–water partition coefficient (Wildman–Crippen LogP) is 11.7. The fourth-order valence-electron chi connectivity index (χ4n) is 9.07. The van der Waals surface area contributed by atoms with E-state index in [-0.39, 0.29) is 90.1 Å². The van der Waals surface area contributed by atoms with E-state index < -0.39 is 34.6 Å². The summed E-state index contributed by atoms with van der Waals surface area (Å²) in [5.74, 6) is 3.61. The number of hydrogen-bond donors (Lipinski definition) is 15. The zero-order valence-electron chi connectivity index (χ0n) is 85.0. The Morgan fingerprint density at radius 3 is 0.904 bits per heavy atom. The van der Waals surface area contributed by atoms with E-state index in [1.54, 1.807) is 42.1 Å². The van der Waals surface area contributed by atoms with Gasteiger partial charge in [0, 0.05) is 129 Å². The van der Waals surface area contributed by atoms with Gasteiger partial charge in [-0.25, -0.2) is 0 Å². The van der Waals surface area contributed by atoms with Crippen molar-refractivity contribution in [3.8, 4) is 0 Å². The summed E-state index contributed by atoms with van der Waals surface area (Å²) in [7, 11) is 6.72. The lowest BCUT2D eigenvalue weighted by Crippen LogP contribution is -2.52. The molecule has 32 nitrogen and oxygen atoms in total. The fourth-order valence-corrected chi connectivity index (χ4v) is 9.07. The molecule has 32 heteroatoms. The molecule has 0 aliphatic heterocycles. The van der Waals surface area contributed by atoms with Crippen LogP contribution in [0.5, 0.6) is 0 Å². The second-order valence-corrected chi connectivity index (χ2v) is 37.7. The SMILES string of the molecule is CC(C)CC(C)(C)C(=O)NCC(N)=O.CC(C)CC(C)(C)C(N)=O.CC(C)CCC(=O)NC(C)(C)C(N)=O.CC(C)CCC(=O)NCC(N)=O.CC(C)CCC(=O)NCCC(=O)N(C)C.CC(C)CCC(=O)NCCO.CC(C)CCC(=O)O.CC(C)CCC(N)=O.CCCCNC(=O)CCC(C)C.CNC(=O)CCC(C)C.COCCNC(=O)CCC(C)C. The molecule has 742 valence electrons. The number of aliphatic hydroxyl groups excluding tert-OH is 1. The Kier molecular flexibility index (Phi) is 100. The number of nitrogens with zero attached hydrogens (tertiary/aromatic N) is 1. The highest BCUT2D eigenvalue weighted by molar-refractivity contribution is 5.90. The zero-order chi connectivity index (χ0) is 100. The Morgan fingerprint density at radius 2 is 0.648 bits per heavy atom. The summed E-state index contributed by atoms with van der Waals surface area (Å²) in [4.78, 5) is 164. The summed E-state index contributed by atoms with van der Waals surface area (Å²) in [5.41, 5.74) is 23.2. The van der Waals surface area contributed by atoms with Gasteiger partial charge < -0.3 is 91.1 Å². The molecule has 0 aromatic carbocycles. The standard InChI is InChI=1S/C11H22N2O2.2C10H20N2O2.C10H21NO.C9H19NO2.C8H16N2O2.C8H17NO2.C8H17NO.C7H15NO.C6H13NO.C6H12O2/c1-9(2)5-6-10(14)12-8-7-11(15)13(3)4;1-7(2)5-10(3,4)9(14)12-6-8(11)13;1-7(2)5-6-8(13)12-10(3,4)9(11)14;1-4-5-8-11-10(12)7-6-9(2)3;1-8(2)4-5-9(11)10-6-7-12-3;1-6(2)3-4-8(12)10-5-7(9)11;1-7(2)3-4-8(11)9-5-6-10;1-6(2)5-8(3,4)7(9)10;1-6(2)4-5-7(9)8-3;2*1-5(2)3-4-6(7)8/h9H,5-8H2,1-4H3,(H,12,14);7H,5-6H2,1-4H3,(H2,11,13)(H,12,14);7H,5-6H2,1-4H3,(H2,11,14)(H,12,13);9H,4-8H2,1-3H3,(H,11,12);8H,4-7H2,1-3H3,(H,10,11);6H,3-5H2,1-2H3,(H2,9,11)(H,10,12);7,10H,3-6H2,1-2H3,(H,9,11);6H,5H2,1-4H3,(H2,9,10);6H,4-5H2,1-3H3,(H,8,9);5H,3-4H2,1-2H3,(H2,7,8);5H,3-4H2,1-2H3,(H,7,8). The number of aliphatic carboxylic acids is 1. The van der Waals surface area contributed by atoms with E-state index >= 15 is 0 Å². The van der Waals surface area contributed by atoms with Gasteiger partial charge in [-0.15, -0.1) is 0 Å². The van der Waals surface area contributed by atoms with Gasteiger partial charge in [-0.3, -0.25) is 71.9 Å². The number of methoxy groups -OCH3 is 1. The number of nitrogens with one attached hydrogen (secondary N) is 8. The molecule has 0 atom stereocenters. The molecule has 0 unspecified atom stereocenters. The van der Waals surface area contributed by atoms with Crippen molar-refractivity contribution in [3.63, 3.8) is 0 Å². The Labute approximate surface area is 758 Å². The maximum absolute atomic E-state index is 11.6. The first-order valence-corrected chi connectivity index (χ1v) is 45.3. The Balaban J connectivity index is -0.000000128. The lowest BCUT2D eigenvalue weighted by Gasteiger charge is -2.25. The number of carbonyl (C=O) groups excluding carboxylic acids is 14. The molecule has 0 saturated carbocycles. The van der Waals surface area contributed by atoms with Gasteiger partial charge in [0.25, 0.3) is 0 Å². The summed E-state index contributed by atoms with van der Waals surface area (Å²) < 4.78 is 4.80. The largest absolute Gasteiger partial charge is 0.481 e. The van der Waals surface area contributed by atoms with Crippen LogP contribution in [0.15, 0.2) is 0 Å². The van der Waals surface area contributed by atoms with Crippen molar-refractivity contribution in [2.75, 3.05) is 80.7 Å². The monoisotopic (exact) mass is 1790 g/mol. The van der Waals surface area contributed by atoms with Gasteiger partial charge in [0.15, 0.2) is 0 Å². The summed E-state index contributed by atoms with van der Waals surface area (Å²) in [5, 5.41) is 37.7. The topological polar surface area (TPSA) is 535 Å². The summed E-state index contributed by atoms with van der Waals surface area (Å²) >= 11 is 0. The third-order valence-corrected chi connectivity index (χ3v) is 17.0. The van der Waals surface area contributed by atoms with Crippen LogP contribution in [0, 0.1) is 75.9 Å². The normalized spacial score (nSPS) is 10.6. The number of carboxylic acid groups (broad SMARTS) is 1. The lowest BCUT2D eigenvalue weighted by atomic mass is 9.83. The lowest BCUT2D eigenvalue weighted by molar-refractivity contribution is -0.137. The quantitative estimate of drug-likeness (QED) is 0.0252. The molecule has 0 aromatic rings. The van der Waals surface area contributed by atoms with Crippen LogP contribution >= 0.6 is 0 Å². The summed E-state index contributed by atoms with van der Waals surface area (Å²) in [6.45, 7) is 61.3. The van der Waals surface area contributed by atoms with E-state index in [1.807, 2.05) is 69.2 Å². The van der Waals surface area contributed by atoms with Crippen molar-refractivity contribution < 1.29 is 86.9 Å². The molecule has 0 bridgehead atoms. The summed E-state index contributed by atoms with van der Waals surface area (Å²) in [6, 6.07) is 0. The molecule has 0 fully saturated rings. The van der Waals surface area contributed by atoms with Crippen LogP contribution in [0.4, 0.5) is 0 Å². The van der Waals surface area contributed by atoms with Crippen LogP contribution in [-0.2, 0) is 76.7 Å². The number of ether oxygens (including phenoxy) is 1. The average Bonchev–Trinajstić information content (AvgIpc) is 0.894. The fraction of sp³-hybridized carbons (Fsp3) is 0.839. The highest BCUT2D eigenvalue weighted by Crippen LogP contribution is 2.26. The van der Waals surface area contributed by atoms with Crippen molar-refractivity contribution in [2.24, 2.45) is 105 Å². The molecule has 14 amide bonds. The van der Waals surface area contributed by atoms with Gasteiger partial charge in [0.1, 0.15) is 5.54 Å². The van der Waals surface area contributed by atoms with E-state index in [0.717, 1.165) is 90.0 Å². The maximum atomic E-state index is 11.6. The number of rotatable bonds is 50. The van der Waals surface area contributed by atoms with Crippen LogP contribution in [0.3, 0.4) is 0 Å². The highest BCUT2D eigenvalue weighted by Gasteiger charge is 2.29. The molecular formula is C93H192N14O18. The third kappa shape index (κ3) is 134. The molecule has 20 N–H and O–H groups in total. The molecular weight excluding hydrogens is 1600 g/mol. The molecule has 0 heterocycles. The first kappa shape index (κ1) is 140. The minimum absolute atomic E-state index is 0.0212. The number of amides is 14. The first-order chi connectivity index (χ1) is 57.2. The number of carbonyl (C=O) groups is 15. The molecule has 0 aliphatic carbocycles. The van der Waals surface area contributed by atoms with Gasteiger partial charge >= 0.3 is 5.97 Å². The van der Waals surface area contributed by atoms with E-state index in [1.165, 1.54) is 4.90 Å². The Bertz CT molecular complexity index is 2750. The molecule has 0 rings (SSSR count). The van der Waals surface area contributed by atoms with Gasteiger partial charge in [0.05, 0.1) is 26.3 Å². The number of nitrogens with two attached hydrogens (primary N) is 5. The van der Waals surface area contributed by atoms with E-state index in [4.69, 9.17) is 43.6 Å². The molecule has 125 heavy (non-hydrogen) atoms. The minimum Gasteiger partial charge on any atom is -0.481 e. The van der Waals surface area contributed by atoms with Crippen molar-refractivity contribution in [2.45, 2.75) is 354 Å². The van der Waals surface area contributed by atoms with Gasteiger partial charge in [0.2, 0.25) is 82.7 Å².